The highest BCUT2D eigenvalue weighted by molar-refractivity contribution is 8.04. The highest BCUT2D eigenvalue weighted by atomic mass is 32.2. The van der Waals surface area contributed by atoms with Crippen molar-refractivity contribution in [2.24, 2.45) is 0 Å². The maximum atomic E-state index is 13.3. The third kappa shape index (κ3) is 3.64. The molecule has 0 radical (unpaired) electrons. The molecule has 0 saturated heterocycles. The first-order valence-corrected chi connectivity index (χ1v) is 11.4. The number of hydrogen-bond donors (Lipinski definition) is 0. The summed E-state index contributed by atoms with van der Waals surface area (Å²) in [5.74, 6) is -0.889. The van der Waals surface area contributed by atoms with Crippen LogP contribution in [0.3, 0.4) is 0 Å². The van der Waals surface area contributed by atoms with Gasteiger partial charge in [0.2, 0.25) is 0 Å². The van der Waals surface area contributed by atoms with Gasteiger partial charge in [-0.1, -0.05) is 30.3 Å². The Morgan fingerprint density at radius 2 is 1.91 bits per heavy atom. The number of fused-ring (bicyclic) bond motifs is 2. The van der Waals surface area contributed by atoms with Crippen LogP contribution < -0.4 is 4.90 Å². The lowest BCUT2D eigenvalue weighted by molar-refractivity contribution is -0.426. The van der Waals surface area contributed by atoms with Gasteiger partial charge in [0, 0.05) is 12.2 Å². The zero-order valence-electron chi connectivity index (χ0n) is 17.2. The molecule has 0 N–H and O–H groups in total. The van der Waals surface area contributed by atoms with Crippen molar-refractivity contribution in [2.45, 2.75) is 24.6 Å². The summed E-state index contributed by atoms with van der Waals surface area (Å²) in [5, 5.41) is 1.22. The summed E-state index contributed by atoms with van der Waals surface area (Å²) in [5.41, 5.74) is 3.18. The van der Waals surface area contributed by atoms with Gasteiger partial charge in [0.25, 0.3) is 5.91 Å². The van der Waals surface area contributed by atoms with E-state index in [1.807, 2.05) is 24.3 Å². The molecule has 5 rings (SSSR count). The van der Waals surface area contributed by atoms with Gasteiger partial charge in [0.05, 0.1) is 0 Å². The van der Waals surface area contributed by atoms with E-state index in [1.54, 1.807) is 28.5 Å². The maximum Gasteiger partial charge on any atom is 0.501 e. The molecule has 0 fully saturated rings. The number of carbonyl (C=O) groups excluding carboxylic acids is 3. The van der Waals surface area contributed by atoms with E-state index in [-0.39, 0.29) is 30.7 Å². The minimum atomic E-state index is -0.561. The SMILES string of the molecule is O=C1C2SC=CC2=[N+](CC(=O)N2CCCc3ccccc32)C(=O)N1Cc1ccc(F)cc1. The lowest BCUT2D eigenvalue weighted by Crippen LogP contribution is -2.56. The summed E-state index contributed by atoms with van der Waals surface area (Å²) < 4.78 is 14.7. The number of anilines is 1. The number of urea groups is 1. The highest BCUT2D eigenvalue weighted by Gasteiger charge is 2.49. The van der Waals surface area contributed by atoms with Crippen LogP contribution in [0.1, 0.15) is 17.5 Å². The van der Waals surface area contributed by atoms with Crippen LogP contribution in [0, 0.1) is 5.82 Å². The van der Waals surface area contributed by atoms with Gasteiger partial charge in [-0.3, -0.25) is 4.79 Å². The second-order valence-electron chi connectivity index (χ2n) is 7.94. The molecule has 0 aromatic heterocycles. The van der Waals surface area contributed by atoms with Gasteiger partial charge in [0.15, 0.2) is 11.8 Å². The summed E-state index contributed by atoms with van der Waals surface area (Å²) in [7, 11) is 0. The molecule has 3 aliphatic heterocycles. The number of imide groups is 1. The van der Waals surface area contributed by atoms with Crippen LogP contribution in [-0.2, 0) is 22.6 Å². The number of halogens is 1. The molecular weight excluding hydrogens is 429 g/mol. The molecule has 0 spiro atoms. The summed E-state index contributed by atoms with van der Waals surface area (Å²) in [4.78, 5) is 42.5. The van der Waals surface area contributed by atoms with Crippen molar-refractivity contribution in [2.75, 3.05) is 18.0 Å². The van der Waals surface area contributed by atoms with Crippen molar-refractivity contribution < 1.29 is 23.3 Å². The fourth-order valence-electron chi connectivity index (χ4n) is 4.34. The van der Waals surface area contributed by atoms with E-state index in [0.717, 1.165) is 29.0 Å². The standard InChI is InChI=1S/C24H21FN3O3S/c25-18-9-7-16(8-10-18)14-28-23(30)22-20(11-13-32-22)27(24(28)31)15-21(29)26-12-3-5-17-4-1-2-6-19(17)26/h1-2,4,6-11,13,22H,3,5,12,14-15H2/q+1. The second-order valence-corrected chi connectivity index (χ2v) is 8.96. The van der Waals surface area contributed by atoms with Crippen molar-refractivity contribution in [1.82, 2.24) is 4.90 Å². The van der Waals surface area contributed by atoms with Gasteiger partial charge in [-0.25, -0.2) is 9.18 Å². The van der Waals surface area contributed by atoms with Gasteiger partial charge in [-0.05, 0) is 53.7 Å². The number of para-hydroxylation sites is 1. The summed E-state index contributed by atoms with van der Waals surface area (Å²) >= 11 is 1.32. The van der Waals surface area contributed by atoms with Crippen LogP contribution in [0.2, 0.25) is 0 Å². The van der Waals surface area contributed by atoms with Gasteiger partial charge >= 0.3 is 11.9 Å². The molecule has 32 heavy (non-hydrogen) atoms. The van der Waals surface area contributed by atoms with Crippen LogP contribution >= 0.6 is 11.8 Å². The van der Waals surface area contributed by atoms with E-state index in [4.69, 9.17) is 0 Å². The molecule has 162 valence electrons. The number of allylic oxidation sites excluding steroid dienone is 1. The fourth-order valence-corrected chi connectivity index (χ4v) is 5.31. The van der Waals surface area contributed by atoms with Crippen molar-refractivity contribution >= 4 is 41.0 Å². The van der Waals surface area contributed by atoms with E-state index < -0.39 is 11.3 Å². The van der Waals surface area contributed by atoms with Crippen LogP contribution in [-0.4, -0.2) is 51.4 Å². The Labute approximate surface area is 189 Å². The first-order chi connectivity index (χ1) is 15.5. The Morgan fingerprint density at radius 3 is 2.72 bits per heavy atom. The topological polar surface area (TPSA) is 60.7 Å². The molecule has 6 nitrogen and oxygen atoms in total. The first kappa shape index (κ1) is 20.6. The van der Waals surface area contributed by atoms with E-state index >= 15 is 0 Å². The van der Waals surface area contributed by atoms with E-state index in [0.29, 0.717) is 17.8 Å². The van der Waals surface area contributed by atoms with Crippen LogP contribution in [0.5, 0.6) is 0 Å². The van der Waals surface area contributed by atoms with Crippen molar-refractivity contribution in [3.05, 3.63) is 77.0 Å². The van der Waals surface area contributed by atoms with Gasteiger partial charge in [-0.2, -0.15) is 14.3 Å². The third-order valence-corrected chi connectivity index (χ3v) is 6.95. The molecule has 3 aliphatic rings. The lowest BCUT2D eigenvalue weighted by atomic mass is 10.0. The summed E-state index contributed by atoms with van der Waals surface area (Å²) in [6.45, 7) is 0.482. The fraction of sp³-hybridized carbons (Fsp3) is 0.250. The normalized spacial score (nSPS) is 20.0. The van der Waals surface area contributed by atoms with Crippen LogP contribution in [0.15, 0.2) is 60.0 Å². The Morgan fingerprint density at radius 1 is 1.12 bits per heavy atom. The predicted molar refractivity (Wildman–Crippen MR) is 120 cm³/mol. The molecule has 8 heteroatoms. The summed E-state index contributed by atoms with van der Waals surface area (Å²) in [6.07, 6.45) is 3.51. The number of carbonyl (C=O) groups is 3. The molecule has 1 atom stereocenters. The Hall–Kier alpha value is -3.26. The number of thioether (sulfide) groups is 1. The minimum Gasteiger partial charge on any atom is -0.309 e. The second kappa shape index (κ2) is 8.35. The Balaban J connectivity index is 1.43. The van der Waals surface area contributed by atoms with Gasteiger partial charge in [0.1, 0.15) is 18.1 Å². The molecule has 1 unspecified atom stereocenters. The molecule has 0 saturated carbocycles. The first-order valence-electron chi connectivity index (χ1n) is 10.5. The minimum absolute atomic E-state index is 0.0273. The Kier molecular flexibility index (Phi) is 5.38. The number of benzene rings is 2. The van der Waals surface area contributed by atoms with Gasteiger partial charge in [-0.15, -0.1) is 11.8 Å². The highest BCUT2D eigenvalue weighted by Crippen LogP contribution is 2.30. The number of amides is 4. The molecule has 2 aromatic rings. The van der Waals surface area contributed by atoms with E-state index in [2.05, 4.69) is 0 Å². The maximum absolute atomic E-state index is 13.3. The van der Waals surface area contributed by atoms with Crippen LogP contribution in [0.4, 0.5) is 14.9 Å². The Bertz CT molecular complexity index is 1180. The van der Waals surface area contributed by atoms with Crippen molar-refractivity contribution in [3.8, 4) is 0 Å². The molecule has 0 bridgehead atoms. The quantitative estimate of drug-likeness (QED) is 0.671. The molecule has 0 aliphatic carbocycles. The zero-order chi connectivity index (χ0) is 22.2. The molecular formula is C24H21FN3O3S+. The molecule has 2 aromatic carbocycles. The van der Waals surface area contributed by atoms with E-state index in [9.17, 15) is 18.8 Å². The summed E-state index contributed by atoms with van der Waals surface area (Å²) in [6, 6.07) is 13.0. The molecule has 3 heterocycles. The average Bonchev–Trinajstić information content (AvgIpc) is 3.30. The van der Waals surface area contributed by atoms with E-state index in [1.165, 1.54) is 28.5 Å². The predicted octanol–water partition coefficient (Wildman–Crippen LogP) is 3.35. The third-order valence-electron chi connectivity index (χ3n) is 5.94. The number of nitrogens with zero attached hydrogens (tertiary/aromatic N) is 3. The number of rotatable bonds is 4. The average molecular weight is 451 g/mol. The lowest BCUT2D eigenvalue weighted by Gasteiger charge is -2.30. The largest absolute Gasteiger partial charge is 0.501 e. The number of hydrogen-bond acceptors (Lipinski definition) is 4. The van der Waals surface area contributed by atoms with Crippen molar-refractivity contribution in [1.29, 1.82) is 0 Å². The monoisotopic (exact) mass is 450 g/mol. The van der Waals surface area contributed by atoms with Crippen molar-refractivity contribution in [3.63, 3.8) is 0 Å². The van der Waals surface area contributed by atoms with Gasteiger partial charge < -0.3 is 4.90 Å². The zero-order valence-corrected chi connectivity index (χ0v) is 18.1. The number of aryl methyl sites for hydroxylation is 1. The van der Waals surface area contributed by atoms with Crippen LogP contribution in [0.25, 0.3) is 0 Å². The molecule has 4 amide bonds. The smallest absolute Gasteiger partial charge is 0.309 e.